The molecule has 0 bridgehead atoms. The van der Waals surface area contributed by atoms with Gasteiger partial charge in [-0.15, -0.1) is 10.2 Å². The van der Waals surface area contributed by atoms with Crippen molar-refractivity contribution < 1.29 is 13.2 Å². The maximum absolute atomic E-state index is 12.3. The Morgan fingerprint density at radius 3 is 2.83 bits per heavy atom. The zero-order valence-electron chi connectivity index (χ0n) is 13.1. The highest BCUT2D eigenvalue weighted by atomic mass is 32.2. The van der Waals surface area contributed by atoms with Gasteiger partial charge in [0.05, 0.1) is 4.90 Å². The van der Waals surface area contributed by atoms with Crippen LogP contribution in [0.1, 0.15) is 28.1 Å². The van der Waals surface area contributed by atoms with Crippen molar-refractivity contribution in [1.82, 2.24) is 24.5 Å². The van der Waals surface area contributed by atoms with E-state index in [4.69, 9.17) is 0 Å². The third-order valence-electron chi connectivity index (χ3n) is 3.37. The van der Waals surface area contributed by atoms with Crippen LogP contribution in [0.3, 0.4) is 0 Å². The summed E-state index contributed by atoms with van der Waals surface area (Å²) in [7, 11) is -3.67. The number of carbonyl (C=O) groups is 1. The molecule has 0 spiro atoms. The van der Waals surface area contributed by atoms with Crippen molar-refractivity contribution in [1.29, 1.82) is 0 Å². The number of Topliss-reactive ketones (excluding diaryl/α,β-unsaturated/α-hetero) is 1. The molecule has 0 radical (unpaired) electrons. The highest BCUT2D eigenvalue weighted by Crippen LogP contribution is 2.15. The third-order valence-corrected chi connectivity index (χ3v) is 5.79. The number of rotatable bonds is 6. The van der Waals surface area contributed by atoms with Crippen molar-refractivity contribution in [2.45, 2.75) is 25.2 Å². The maximum Gasteiger partial charge on any atom is 0.240 e. The second-order valence-corrected chi connectivity index (χ2v) is 7.98. The Kier molecular flexibility index (Phi) is 4.43. The lowest BCUT2D eigenvalue weighted by Gasteiger charge is -2.06. The summed E-state index contributed by atoms with van der Waals surface area (Å²) in [5.41, 5.74) is 0.363. The molecule has 0 aliphatic rings. The molecule has 0 fully saturated rings. The number of aromatic nitrogens is 4. The number of benzene rings is 1. The molecule has 1 N–H and O–H groups in total. The Morgan fingerprint density at radius 2 is 2.12 bits per heavy atom. The van der Waals surface area contributed by atoms with Gasteiger partial charge in [-0.1, -0.05) is 23.5 Å². The first-order valence-electron chi connectivity index (χ1n) is 7.15. The number of hydrogen-bond donors (Lipinski definition) is 1. The van der Waals surface area contributed by atoms with E-state index in [1.807, 2.05) is 0 Å². The Morgan fingerprint density at radius 1 is 1.33 bits per heavy atom. The molecular formula is C14H15N5O3S2. The molecular weight excluding hydrogens is 350 g/mol. The number of ketones is 1. The summed E-state index contributed by atoms with van der Waals surface area (Å²) in [6.07, 6.45) is 0.444. The lowest BCUT2D eigenvalue weighted by atomic mass is 10.2. The molecule has 0 aliphatic carbocycles. The van der Waals surface area contributed by atoms with Crippen molar-refractivity contribution in [2.75, 3.05) is 6.54 Å². The molecule has 1 aromatic carbocycles. The highest BCUT2D eigenvalue weighted by molar-refractivity contribution is 7.89. The number of sulfonamides is 1. The lowest BCUT2D eigenvalue weighted by Crippen LogP contribution is -2.26. The fourth-order valence-electron chi connectivity index (χ4n) is 2.11. The van der Waals surface area contributed by atoms with Crippen LogP contribution < -0.4 is 4.72 Å². The lowest BCUT2D eigenvalue weighted by molar-refractivity contribution is 0.101. The largest absolute Gasteiger partial charge is 0.295 e. The first-order chi connectivity index (χ1) is 11.4. The van der Waals surface area contributed by atoms with Crippen LogP contribution in [0.5, 0.6) is 0 Å². The van der Waals surface area contributed by atoms with Gasteiger partial charge in [-0.25, -0.2) is 13.1 Å². The number of fused-ring (bicyclic) bond motifs is 1. The molecule has 2 aromatic heterocycles. The second-order valence-electron chi connectivity index (χ2n) is 5.17. The number of carbonyl (C=O) groups excluding carboxylic acids is 1. The molecule has 10 heteroatoms. The van der Waals surface area contributed by atoms with E-state index < -0.39 is 10.0 Å². The standard InChI is InChI=1S/C14H15N5O3S2/c1-9(20)11-4-3-5-12(8-11)24(21,22)15-7-6-13-18-19-10(2)16-17-14(19)23-13/h3-5,8,15H,6-7H2,1-2H3. The van der Waals surface area contributed by atoms with Gasteiger partial charge in [-0.05, 0) is 26.0 Å². The topological polar surface area (TPSA) is 106 Å². The number of nitrogens with one attached hydrogen (secondary N) is 1. The zero-order valence-corrected chi connectivity index (χ0v) is 14.7. The Labute approximate surface area is 142 Å². The SMILES string of the molecule is CC(=O)c1cccc(S(=O)(=O)NCCc2nn3c(C)nnc3s2)c1. The van der Waals surface area contributed by atoms with Crippen molar-refractivity contribution in [3.63, 3.8) is 0 Å². The van der Waals surface area contributed by atoms with E-state index in [0.717, 1.165) is 5.01 Å². The molecule has 0 saturated carbocycles. The van der Waals surface area contributed by atoms with Gasteiger partial charge in [0.15, 0.2) is 11.6 Å². The summed E-state index contributed by atoms with van der Waals surface area (Å²) >= 11 is 1.37. The van der Waals surface area contributed by atoms with Crippen molar-refractivity contribution in [3.05, 3.63) is 40.7 Å². The number of nitrogens with zero attached hydrogens (tertiary/aromatic N) is 4. The maximum atomic E-state index is 12.3. The molecule has 2 heterocycles. The summed E-state index contributed by atoms with van der Waals surface area (Å²) in [5.74, 6) is 0.510. The zero-order chi connectivity index (χ0) is 17.3. The van der Waals surface area contributed by atoms with Gasteiger partial charge < -0.3 is 0 Å². The number of aryl methyl sites for hydroxylation is 1. The van der Waals surface area contributed by atoms with Gasteiger partial charge in [0.1, 0.15) is 5.01 Å². The predicted octanol–water partition coefficient (Wildman–Crippen LogP) is 1.22. The molecule has 0 saturated heterocycles. The van der Waals surface area contributed by atoms with Crippen molar-refractivity contribution in [2.24, 2.45) is 0 Å². The Balaban J connectivity index is 1.68. The summed E-state index contributed by atoms with van der Waals surface area (Å²) < 4.78 is 28.8. The molecule has 24 heavy (non-hydrogen) atoms. The van der Waals surface area contributed by atoms with Crippen LogP contribution >= 0.6 is 11.3 Å². The fraction of sp³-hybridized carbons (Fsp3) is 0.286. The van der Waals surface area contributed by atoms with Crippen LogP contribution in [0.25, 0.3) is 4.96 Å². The van der Waals surface area contributed by atoms with E-state index in [1.54, 1.807) is 23.6 Å². The van der Waals surface area contributed by atoms with Crippen LogP contribution in [0, 0.1) is 6.92 Å². The minimum Gasteiger partial charge on any atom is -0.295 e. The van der Waals surface area contributed by atoms with Gasteiger partial charge in [-0.3, -0.25) is 4.79 Å². The molecule has 0 unspecified atom stereocenters. The fourth-order valence-corrected chi connectivity index (χ4v) is 4.07. The molecule has 3 rings (SSSR count). The average molecular weight is 365 g/mol. The normalized spacial score (nSPS) is 11.9. The first-order valence-corrected chi connectivity index (χ1v) is 9.45. The summed E-state index contributed by atoms with van der Waals surface area (Å²) in [6, 6.07) is 5.97. The van der Waals surface area contributed by atoms with Crippen LogP contribution in [-0.4, -0.2) is 40.6 Å². The molecule has 8 nitrogen and oxygen atoms in total. The molecule has 126 valence electrons. The van der Waals surface area contributed by atoms with Gasteiger partial charge in [0, 0.05) is 18.5 Å². The van der Waals surface area contributed by atoms with E-state index in [1.165, 1.54) is 30.4 Å². The highest BCUT2D eigenvalue weighted by Gasteiger charge is 2.16. The summed E-state index contributed by atoms with van der Waals surface area (Å²) in [4.78, 5) is 12.1. The average Bonchev–Trinajstić information content (AvgIpc) is 3.09. The minimum absolute atomic E-state index is 0.0733. The Hall–Kier alpha value is -2.17. The van der Waals surface area contributed by atoms with Gasteiger partial charge >= 0.3 is 0 Å². The van der Waals surface area contributed by atoms with Crippen LogP contribution in [0.4, 0.5) is 0 Å². The van der Waals surface area contributed by atoms with E-state index in [-0.39, 0.29) is 17.2 Å². The molecule has 0 aliphatic heterocycles. The van der Waals surface area contributed by atoms with Gasteiger partial charge in [-0.2, -0.15) is 9.61 Å². The van der Waals surface area contributed by atoms with Gasteiger partial charge in [0.25, 0.3) is 0 Å². The number of hydrogen-bond acceptors (Lipinski definition) is 7. The first kappa shape index (κ1) is 16.7. The quantitative estimate of drug-likeness (QED) is 0.658. The van der Waals surface area contributed by atoms with Gasteiger partial charge in [0.2, 0.25) is 15.0 Å². The van der Waals surface area contributed by atoms with Crippen LogP contribution in [-0.2, 0) is 16.4 Å². The smallest absolute Gasteiger partial charge is 0.240 e. The Bertz CT molecular complexity index is 1010. The summed E-state index contributed by atoms with van der Waals surface area (Å²) in [5, 5.41) is 13.0. The third kappa shape index (κ3) is 3.35. The van der Waals surface area contributed by atoms with Crippen LogP contribution in [0.15, 0.2) is 29.2 Å². The predicted molar refractivity (Wildman–Crippen MR) is 88.7 cm³/mol. The van der Waals surface area contributed by atoms with Crippen molar-refractivity contribution >= 4 is 32.1 Å². The van der Waals surface area contributed by atoms with Crippen molar-refractivity contribution in [3.8, 4) is 0 Å². The van der Waals surface area contributed by atoms with E-state index in [9.17, 15) is 13.2 Å². The van der Waals surface area contributed by atoms with E-state index >= 15 is 0 Å². The molecule has 0 amide bonds. The molecule has 3 aromatic rings. The van der Waals surface area contributed by atoms with Crippen LogP contribution in [0.2, 0.25) is 0 Å². The molecule has 0 atom stereocenters. The minimum atomic E-state index is -3.67. The summed E-state index contributed by atoms with van der Waals surface area (Å²) in [6.45, 7) is 3.40. The second kappa shape index (κ2) is 6.38. The van der Waals surface area contributed by atoms with E-state index in [0.29, 0.717) is 22.8 Å². The van der Waals surface area contributed by atoms with E-state index in [2.05, 4.69) is 20.0 Å². The monoisotopic (exact) mass is 365 g/mol.